The molecule has 92 valence electrons. The number of anilines is 1. The van der Waals surface area contributed by atoms with Gasteiger partial charge < -0.3 is 10.7 Å². The zero-order valence-corrected chi connectivity index (χ0v) is 10.3. The zero-order valence-electron chi connectivity index (χ0n) is 10.3. The van der Waals surface area contributed by atoms with Gasteiger partial charge in [-0.25, -0.2) is 0 Å². The second-order valence-electron chi connectivity index (χ2n) is 5.17. The molecule has 0 heterocycles. The molecule has 0 aliphatic heterocycles. The number of aryl methyl sites for hydroxylation is 1. The minimum atomic E-state index is -0.000744. The first-order valence-electron chi connectivity index (χ1n) is 5.90. The third-order valence-electron chi connectivity index (χ3n) is 3.42. The predicted molar refractivity (Wildman–Crippen MR) is 68.7 cm³/mol. The molecule has 0 unspecified atom stereocenters. The van der Waals surface area contributed by atoms with E-state index in [0.717, 1.165) is 17.8 Å². The summed E-state index contributed by atoms with van der Waals surface area (Å²) in [5.74, 6) is 5.32. The van der Waals surface area contributed by atoms with Crippen LogP contribution in [-0.2, 0) is 0 Å². The van der Waals surface area contributed by atoms with Crippen molar-refractivity contribution >= 4 is 11.6 Å². The first kappa shape index (κ1) is 11.9. The van der Waals surface area contributed by atoms with Crippen LogP contribution in [0.3, 0.4) is 0 Å². The molecular weight excluding hydrogens is 214 g/mol. The predicted octanol–water partition coefficient (Wildman–Crippen LogP) is 1.81. The Balaban J connectivity index is 2.03. The molecule has 0 atom stereocenters. The lowest BCUT2D eigenvalue weighted by molar-refractivity contribution is 0.0945. The third kappa shape index (κ3) is 2.77. The first-order chi connectivity index (χ1) is 8.04. The lowest BCUT2D eigenvalue weighted by Gasteiger charge is -2.12. The maximum Gasteiger partial charge on any atom is 0.251 e. The Kier molecular flexibility index (Phi) is 3.07. The molecule has 1 amide bonds. The Bertz CT molecular complexity index is 438. The Hall–Kier alpha value is -1.55. The lowest BCUT2D eigenvalue weighted by atomic mass is 10.1. The number of rotatable bonds is 4. The van der Waals surface area contributed by atoms with Gasteiger partial charge in [-0.2, -0.15) is 0 Å². The van der Waals surface area contributed by atoms with Crippen molar-refractivity contribution in [3.63, 3.8) is 0 Å². The van der Waals surface area contributed by atoms with Gasteiger partial charge in [0.25, 0.3) is 5.91 Å². The molecule has 1 aliphatic carbocycles. The highest BCUT2D eigenvalue weighted by Gasteiger charge is 2.37. The number of benzene rings is 1. The molecule has 1 fully saturated rings. The summed E-state index contributed by atoms with van der Waals surface area (Å²) in [5, 5.41) is 2.99. The zero-order chi connectivity index (χ0) is 12.5. The summed E-state index contributed by atoms with van der Waals surface area (Å²) in [6.45, 7) is 4.87. The summed E-state index contributed by atoms with van der Waals surface area (Å²) in [7, 11) is 0. The van der Waals surface area contributed by atoms with Crippen LogP contribution >= 0.6 is 0 Å². The van der Waals surface area contributed by atoms with Gasteiger partial charge in [0.15, 0.2) is 0 Å². The number of carbonyl (C=O) groups excluding carboxylic acids is 1. The second-order valence-corrected chi connectivity index (χ2v) is 5.17. The molecule has 0 bridgehead atoms. The van der Waals surface area contributed by atoms with Gasteiger partial charge in [0.2, 0.25) is 0 Å². The van der Waals surface area contributed by atoms with Crippen LogP contribution in [0.15, 0.2) is 18.2 Å². The molecule has 4 heteroatoms. The summed E-state index contributed by atoms with van der Waals surface area (Å²) < 4.78 is 0. The number of nitrogen functional groups attached to an aromatic ring is 1. The summed E-state index contributed by atoms with van der Waals surface area (Å²) >= 11 is 0. The molecule has 0 aromatic heterocycles. The highest BCUT2D eigenvalue weighted by molar-refractivity contribution is 5.96. The van der Waals surface area contributed by atoms with Crippen molar-refractivity contribution in [2.75, 3.05) is 12.0 Å². The Labute approximate surface area is 102 Å². The van der Waals surface area contributed by atoms with E-state index in [1.54, 1.807) is 12.1 Å². The van der Waals surface area contributed by atoms with Gasteiger partial charge in [-0.05, 0) is 48.9 Å². The standard InChI is InChI=1S/C13H19N3O/c1-9-7-10(16-14)3-4-11(9)12(17)15-8-13(2)5-6-13/h3-4,7,16H,5-6,8,14H2,1-2H3,(H,15,17). The Morgan fingerprint density at radius 1 is 1.47 bits per heavy atom. The van der Waals surface area contributed by atoms with Gasteiger partial charge in [0, 0.05) is 17.8 Å². The maximum atomic E-state index is 12.0. The number of hydrazine groups is 1. The molecule has 0 spiro atoms. The summed E-state index contributed by atoms with van der Waals surface area (Å²) in [6.07, 6.45) is 2.42. The second kappa shape index (κ2) is 4.37. The van der Waals surface area contributed by atoms with Crippen LogP contribution in [-0.4, -0.2) is 12.5 Å². The molecule has 2 rings (SSSR count). The molecule has 1 saturated carbocycles. The van der Waals surface area contributed by atoms with Crippen molar-refractivity contribution in [1.82, 2.24) is 5.32 Å². The van der Waals surface area contributed by atoms with Crippen LogP contribution in [0.25, 0.3) is 0 Å². The number of hydrogen-bond donors (Lipinski definition) is 3. The van der Waals surface area contributed by atoms with E-state index in [1.165, 1.54) is 12.8 Å². The Morgan fingerprint density at radius 3 is 2.71 bits per heavy atom. The number of nitrogens with two attached hydrogens (primary N) is 1. The van der Waals surface area contributed by atoms with Gasteiger partial charge in [-0.1, -0.05) is 6.92 Å². The van der Waals surface area contributed by atoms with Crippen molar-refractivity contribution in [1.29, 1.82) is 0 Å². The van der Waals surface area contributed by atoms with Crippen LogP contribution < -0.4 is 16.6 Å². The summed E-state index contributed by atoms with van der Waals surface area (Å²) in [4.78, 5) is 12.0. The fourth-order valence-electron chi connectivity index (χ4n) is 1.79. The lowest BCUT2D eigenvalue weighted by Crippen LogP contribution is -2.29. The highest BCUT2D eigenvalue weighted by atomic mass is 16.1. The van der Waals surface area contributed by atoms with Crippen LogP contribution in [0.5, 0.6) is 0 Å². The molecule has 1 aromatic rings. The molecule has 0 saturated heterocycles. The smallest absolute Gasteiger partial charge is 0.251 e. The van der Waals surface area contributed by atoms with E-state index in [2.05, 4.69) is 17.7 Å². The Morgan fingerprint density at radius 2 is 2.18 bits per heavy atom. The minimum Gasteiger partial charge on any atom is -0.351 e. The van der Waals surface area contributed by atoms with E-state index in [1.807, 2.05) is 13.0 Å². The highest BCUT2D eigenvalue weighted by Crippen LogP contribution is 2.44. The van der Waals surface area contributed by atoms with Crippen molar-refractivity contribution in [2.45, 2.75) is 26.7 Å². The number of carbonyl (C=O) groups is 1. The van der Waals surface area contributed by atoms with Gasteiger partial charge in [-0.3, -0.25) is 10.6 Å². The van der Waals surface area contributed by atoms with Gasteiger partial charge in [-0.15, -0.1) is 0 Å². The number of amides is 1. The van der Waals surface area contributed by atoms with Crippen molar-refractivity contribution < 1.29 is 4.79 Å². The summed E-state index contributed by atoms with van der Waals surface area (Å²) in [5.41, 5.74) is 5.36. The topological polar surface area (TPSA) is 67.1 Å². The maximum absolute atomic E-state index is 12.0. The summed E-state index contributed by atoms with van der Waals surface area (Å²) in [6, 6.07) is 5.48. The van der Waals surface area contributed by atoms with Crippen LogP contribution in [0.1, 0.15) is 35.7 Å². The molecule has 0 radical (unpaired) electrons. The molecule has 17 heavy (non-hydrogen) atoms. The average Bonchev–Trinajstić information content (AvgIpc) is 3.05. The number of nitrogens with one attached hydrogen (secondary N) is 2. The van der Waals surface area contributed by atoms with E-state index in [4.69, 9.17) is 5.84 Å². The normalized spacial score (nSPS) is 16.4. The molecule has 1 aliphatic rings. The third-order valence-corrected chi connectivity index (χ3v) is 3.42. The first-order valence-corrected chi connectivity index (χ1v) is 5.90. The monoisotopic (exact) mass is 233 g/mol. The van der Waals surface area contributed by atoms with Crippen molar-refractivity contribution in [3.05, 3.63) is 29.3 Å². The largest absolute Gasteiger partial charge is 0.351 e. The van der Waals surface area contributed by atoms with Gasteiger partial charge in [0.1, 0.15) is 0 Å². The molecule has 1 aromatic carbocycles. The molecule has 4 N–H and O–H groups in total. The van der Waals surface area contributed by atoms with Gasteiger partial charge in [0.05, 0.1) is 0 Å². The van der Waals surface area contributed by atoms with E-state index < -0.39 is 0 Å². The SMILES string of the molecule is Cc1cc(NN)ccc1C(=O)NCC1(C)CC1. The van der Waals surface area contributed by atoms with E-state index in [-0.39, 0.29) is 5.91 Å². The van der Waals surface area contributed by atoms with Crippen molar-refractivity contribution in [2.24, 2.45) is 11.3 Å². The van der Waals surface area contributed by atoms with E-state index in [9.17, 15) is 4.79 Å². The van der Waals surface area contributed by atoms with Crippen LogP contribution in [0.4, 0.5) is 5.69 Å². The van der Waals surface area contributed by atoms with Gasteiger partial charge >= 0.3 is 0 Å². The minimum absolute atomic E-state index is 0.000744. The van der Waals surface area contributed by atoms with Crippen LogP contribution in [0, 0.1) is 12.3 Å². The fraction of sp³-hybridized carbons (Fsp3) is 0.462. The quantitative estimate of drug-likeness (QED) is 0.549. The average molecular weight is 233 g/mol. The van der Waals surface area contributed by atoms with Crippen LogP contribution in [0.2, 0.25) is 0 Å². The number of hydrogen-bond acceptors (Lipinski definition) is 3. The fourth-order valence-corrected chi connectivity index (χ4v) is 1.79. The van der Waals surface area contributed by atoms with E-state index >= 15 is 0 Å². The van der Waals surface area contributed by atoms with Crippen molar-refractivity contribution in [3.8, 4) is 0 Å². The molecule has 4 nitrogen and oxygen atoms in total. The molecular formula is C13H19N3O. The van der Waals surface area contributed by atoms with E-state index in [0.29, 0.717) is 11.0 Å².